The van der Waals surface area contributed by atoms with Crippen molar-refractivity contribution in [3.8, 4) is 0 Å². The average molecular weight is 170 g/mol. The first-order valence-electron chi connectivity index (χ1n) is 3.99. The predicted molar refractivity (Wildman–Crippen MR) is 51.7 cm³/mol. The molecule has 0 heterocycles. The maximum atomic E-state index is 9.34. The zero-order chi connectivity index (χ0) is 8.27. The minimum atomic E-state index is -0.136. The van der Waals surface area contributed by atoms with Gasteiger partial charge in [0, 0.05) is 0 Å². The van der Waals surface area contributed by atoms with Crippen LogP contribution in [0.1, 0.15) is 19.3 Å². The zero-order valence-corrected chi connectivity index (χ0v) is 7.87. The average Bonchev–Trinajstić information content (AvgIpc) is 1.98. The van der Waals surface area contributed by atoms with Crippen LogP contribution in [0.15, 0.2) is 23.8 Å². The standard InChI is InChI=1S/C9H15OP/c1-7-2-3-9(10)6-8(7)4-5-11/h4,9-10H,1-3,5-6,11H2/b8-4-/t9-/m0/s1. The number of aliphatic hydroxyl groups is 1. The predicted octanol–water partition coefficient (Wildman–Crippen LogP) is 1.89. The molecule has 1 N–H and O–H groups in total. The van der Waals surface area contributed by atoms with Gasteiger partial charge in [-0.1, -0.05) is 18.2 Å². The van der Waals surface area contributed by atoms with E-state index < -0.39 is 0 Å². The Morgan fingerprint density at radius 2 is 2.45 bits per heavy atom. The molecule has 0 aromatic carbocycles. The molecule has 1 unspecified atom stereocenters. The Labute approximate surface area is 70.4 Å². The van der Waals surface area contributed by atoms with Gasteiger partial charge >= 0.3 is 0 Å². The van der Waals surface area contributed by atoms with Crippen molar-refractivity contribution >= 4 is 9.24 Å². The van der Waals surface area contributed by atoms with Crippen molar-refractivity contribution in [2.24, 2.45) is 0 Å². The van der Waals surface area contributed by atoms with E-state index in [2.05, 4.69) is 21.9 Å². The monoisotopic (exact) mass is 170 g/mol. The van der Waals surface area contributed by atoms with Crippen LogP contribution in [-0.2, 0) is 0 Å². The first-order valence-corrected chi connectivity index (χ1v) is 4.81. The molecule has 1 saturated carbocycles. The van der Waals surface area contributed by atoms with Crippen LogP contribution in [-0.4, -0.2) is 17.4 Å². The summed E-state index contributed by atoms with van der Waals surface area (Å²) in [6.07, 6.45) is 5.59. The Morgan fingerprint density at radius 3 is 3.09 bits per heavy atom. The molecule has 2 atom stereocenters. The second-order valence-corrected chi connectivity index (χ2v) is 3.44. The molecule has 0 aromatic rings. The second-order valence-electron chi connectivity index (χ2n) is 2.97. The van der Waals surface area contributed by atoms with Crippen molar-refractivity contribution in [1.82, 2.24) is 0 Å². The molecular formula is C9H15OP. The minimum Gasteiger partial charge on any atom is -0.393 e. The Morgan fingerprint density at radius 1 is 1.73 bits per heavy atom. The number of aliphatic hydroxyl groups excluding tert-OH is 1. The third-order valence-corrected chi connectivity index (χ3v) is 2.29. The maximum absolute atomic E-state index is 9.34. The lowest BCUT2D eigenvalue weighted by molar-refractivity contribution is 0.158. The third kappa shape index (κ3) is 2.43. The van der Waals surface area contributed by atoms with Gasteiger partial charge in [0.05, 0.1) is 6.10 Å². The van der Waals surface area contributed by atoms with Crippen LogP contribution in [0, 0.1) is 0 Å². The first kappa shape index (κ1) is 8.96. The van der Waals surface area contributed by atoms with E-state index in [0.717, 1.165) is 25.4 Å². The Balaban J connectivity index is 2.61. The number of hydrogen-bond donors (Lipinski definition) is 1. The molecule has 1 fully saturated rings. The van der Waals surface area contributed by atoms with Gasteiger partial charge in [0.2, 0.25) is 0 Å². The number of allylic oxidation sites excluding steroid dienone is 2. The normalized spacial score (nSPS) is 29.5. The maximum Gasteiger partial charge on any atom is 0.0583 e. The third-order valence-electron chi connectivity index (χ3n) is 2.05. The van der Waals surface area contributed by atoms with E-state index in [-0.39, 0.29) is 6.10 Å². The molecule has 0 saturated heterocycles. The number of rotatable bonds is 1. The van der Waals surface area contributed by atoms with Crippen LogP contribution < -0.4 is 0 Å². The molecule has 1 aliphatic carbocycles. The van der Waals surface area contributed by atoms with Crippen molar-refractivity contribution in [3.63, 3.8) is 0 Å². The van der Waals surface area contributed by atoms with Crippen molar-refractivity contribution < 1.29 is 5.11 Å². The van der Waals surface area contributed by atoms with Crippen LogP contribution >= 0.6 is 9.24 Å². The summed E-state index contributed by atoms with van der Waals surface area (Å²) < 4.78 is 0. The summed E-state index contributed by atoms with van der Waals surface area (Å²) in [5.74, 6) is 0. The molecule has 0 radical (unpaired) electrons. The van der Waals surface area contributed by atoms with E-state index >= 15 is 0 Å². The van der Waals surface area contributed by atoms with E-state index in [1.165, 1.54) is 11.1 Å². The highest BCUT2D eigenvalue weighted by atomic mass is 31.0. The lowest BCUT2D eigenvalue weighted by Gasteiger charge is -2.21. The topological polar surface area (TPSA) is 20.2 Å². The van der Waals surface area contributed by atoms with Crippen molar-refractivity contribution in [1.29, 1.82) is 0 Å². The molecule has 1 aliphatic rings. The summed E-state index contributed by atoms with van der Waals surface area (Å²) in [6, 6.07) is 0. The first-order chi connectivity index (χ1) is 5.24. The van der Waals surface area contributed by atoms with Gasteiger partial charge in [0.15, 0.2) is 0 Å². The van der Waals surface area contributed by atoms with Crippen LogP contribution in [0.3, 0.4) is 0 Å². The molecule has 0 spiro atoms. The molecule has 1 rings (SSSR count). The van der Waals surface area contributed by atoms with Crippen LogP contribution in [0.4, 0.5) is 0 Å². The van der Waals surface area contributed by atoms with E-state index in [4.69, 9.17) is 0 Å². The van der Waals surface area contributed by atoms with E-state index in [9.17, 15) is 5.11 Å². The smallest absolute Gasteiger partial charge is 0.0583 e. The van der Waals surface area contributed by atoms with Crippen molar-refractivity contribution in [2.45, 2.75) is 25.4 Å². The van der Waals surface area contributed by atoms with Gasteiger partial charge in [0.1, 0.15) is 0 Å². The fraction of sp³-hybridized carbons (Fsp3) is 0.556. The summed E-state index contributed by atoms with van der Waals surface area (Å²) in [7, 11) is 2.65. The lowest BCUT2D eigenvalue weighted by atomic mass is 9.89. The van der Waals surface area contributed by atoms with Gasteiger partial charge in [-0.15, -0.1) is 9.24 Å². The van der Waals surface area contributed by atoms with E-state index in [1.807, 2.05) is 0 Å². The molecular weight excluding hydrogens is 155 g/mol. The molecule has 2 heteroatoms. The van der Waals surface area contributed by atoms with Crippen molar-refractivity contribution in [3.05, 3.63) is 23.8 Å². The zero-order valence-electron chi connectivity index (χ0n) is 6.71. The van der Waals surface area contributed by atoms with Gasteiger partial charge in [-0.25, -0.2) is 0 Å². The van der Waals surface area contributed by atoms with Gasteiger partial charge < -0.3 is 5.11 Å². The van der Waals surface area contributed by atoms with Gasteiger partial charge in [-0.2, -0.15) is 0 Å². The van der Waals surface area contributed by atoms with Crippen molar-refractivity contribution in [2.75, 3.05) is 6.16 Å². The summed E-state index contributed by atoms with van der Waals surface area (Å²) in [4.78, 5) is 0. The second kappa shape index (κ2) is 4.04. The SMILES string of the molecule is C=C1CC[C@H](O)C/C1=C/CP. The minimum absolute atomic E-state index is 0.136. The van der Waals surface area contributed by atoms with Gasteiger partial charge in [-0.05, 0) is 31.0 Å². The summed E-state index contributed by atoms with van der Waals surface area (Å²) in [5.41, 5.74) is 2.46. The van der Waals surface area contributed by atoms with Crippen LogP contribution in [0.25, 0.3) is 0 Å². The Kier molecular flexibility index (Phi) is 3.29. The van der Waals surface area contributed by atoms with Crippen LogP contribution in [0.2, 0.25) is 0 Å². The highest BCUT2D eigenvalue weighted by Crippen LogP contribution is 2.27. The molecule has 11 heavy (non-hydrogen) atoms. The molecule has 1 nitrogen and oxygen atoms in total. The molecule has 0 amide bonds. The molecule has 0 aromatic heterocycles. The highest BCUT2D eigenvalue weighted by molar-refractivity contribution is 7.16. The summed E-state index contributed by atoms with van der Waals surface area (Å²) in [5, 5.41) is 9.34. The highest BCUT2D eigenvalue weighted by Gasteiger charge is 2.16. The fourth-order valence-electron chi connectivity index (χ4n) is 1.37. The fourth-order valence-corrected chi connectivity index (χ4v) is 1.66. The Bertz CT molecular complexity index is 184. The van der Waals surface area contributed by atoms with E-state index in [1.54, 1.807) is 0 Å². The summed E-state index contributed by atoms with van der Waals surface area (Å²) >= 11 is 0. The molecule has 0 bridgehead atoms. The largest absolute Gasteiger partial charge is 0.393 e. The molecule has 62 valence electrons. The van der Waals surface area contributed by atoms with Crippen LogP contribution in [0.5, 0.6) is 0 Å². The van der Waals surface area contributed by atoms with Gasteiger partial charge in [0.25, 0.3) is 0 Å². The lowest BCUT2D eigenvalue weighted by Crippen LogP contribution is -2.14. The quantitative estimate of drug-likeness (QED) is 0.596. The number of hydrogen-bond acceptors (Lipinski definition) is 1. The van der Waals surface area contributed by atoms with Gasteiger partial charge in [-0.3, -0.25) is 0 Å². The molecule has 0 aliphatic heterocycles. The summed E-state index contributed by atoms with van der Waals surface area (Å²) in [6.45, 7) is 3.96. The van der Waals surface area contributed by atoms with E-state index in [0.29, 0.717) is 0 Å². The Hall–Kier alpha value is -0.130.